The van der Waals surface area contributed by atoms with Crippen molar-refractivity contribution in [2.45, 2.75) is 48.7 Å². The molecule has 2 bridgehead atoms. The Morgan fingerprint density at radius 3 is 2.38 bits per heavy atom. The third-order valence-corrected chi connectivity index (χ3v) is 6.68. The molecule has 2 amide bonds. The fraction of sp³-hybridized carbons (Fsp3) is 0.500. The Kier molecular flexibility index (Phi) is 3.52. The Bertz CT molecular complexity index is 824. The summed E-state index contributed by atoms with van der Waals surface area (Å²) in [6.45, 7) is 0. The van der Waals surface area contributed by atoms with Crippen molar-refractivity contribution in [2.75, 3.05) is 7.05 Å². The van der Waals surface area contributed by atoms with E-state index in [0.717, 1.165) is 30.6 Å². The molecule has 0 aliphatic carbocycles. The summed E-state index contributed by atoms with van der Waals surface area (Å²) in [6.07, 6.45) is 3.73. The molecule has 0 aromatic heterocycles. The molecule has 0 radical (unpaired) electrons. The maximum Gasteiger partial charge on any atom is 0.261 e. The van der Waals surface area contributed by atoms with Crippen molar-refractivity contribution in [1.82, 2.24) is 14.9 Å². The minimum absolute atomic E-state index is 0.0311. The molecular weight excluding hydrogens is 330 g/mol. The molecule has 0 spiro atoms. The number of nitrogens with one attached hydrogen (secondary N) is 2. The van der Waals surface area contributed by atoms with Crippen LogP contribution in [0.4, 0.5) is 0 Å². The number of imide groups is 1. The summed E-state index contributed by atoms with van der Waals surface area (Å²) < 4.78 is 28.1. The van der Waals surface area contributed by atoms with Crippen molar-refractivity contribution in [2.24, 2.45) is 0 Å². The molecule has 3 heterocycles. The molecule has 3 aliphatic heterocycles. The van der Waals surface area contributed by atoms with Gasteiger partial charge in [-0.3, -0.25) is 14.5 Å². The third kappa shape index (κ3) is 2.45. The van der Waals surface area contributed by atoms with Gasteiger partial charge in [-0.05, 0) is 43.9 Å². The molecule has 2 saturated heterocycles. The number of benzene rings is 1. The van der Waals surface area contributed by atoms with Crippen molar-refractivity contribution in [3.8, 4) is 0 Å². The fourth-order valence-corrected chi connectivity index (χ4v) is 5.24. The van der Waals surface area contributed by atoms with Gasteiger partial charge in [0.15, 0.2) is 0 Å². The summed E-state index contributed by atoms with van der Waals surface area (Å²) in [5, 5.41) is 3.47. The Morgan fingerprint density at radius 1 is 1.08 bits per heavy atom. The van der Waals surface area contributed by atoms with E-state index in [1.807, 2.05) is 0 Å². The molecule has 3 aliphatic rings. The first-order valence-corrected chi connectivity index (χ1v) is 9.58. The van der Waals surface area contributed by atoms with E-state index in [9.17, 15) is 18.0 Å². The zero-order valence-electron chi connectivity index (χ0n) is 13.3. The van der Waals surface area contributed by atoms with E-state index in [0.29, 0.717) is 12.1 Å². The predicted molar refractivity (Wildman–Crippen MR) is 86.2 cm³/mol. The lowest BCUT2D eigenvalue weighted by molar-refractivity contribution is 0.0693. The van der Waals surface area contributed by atoms with E-state index in [1.165, 1.54) is 25.2 Å². The molecular formula is C16H19N3O4S. The summed E-state index contributed by atoms with van der Waals surface area (Å²) >= 11 is 0. The van der Waals surface area contributed by atoms with E-state index in [2.05, 4.69) is 10.0 Å². The average molecular weight is 349 g/mol. The first kappa shape index (κ1) is 15.7. The highest BCUT2D eigenvalue weighted by molar-refractivity contribution is 7.89. The normalized spacial score (nSPS) is 29.2. The zero-order valence-corrected chi connectivity index (χ0v) is 14.1. The molecule has 2 unspecified atom stereocenters. The number of sulfonamides is 1. The summed E-state index contributed by atoms with van der Waals surface area (Å²) in [5.74, 6) is -0.867. The van der Waals surface area contributed by atoms with Crippen LogP contribution in [0.15, 0.2) is 23.1 Å². The summed E-state index contributed by atoms with van der Waals surface area (Å²) in [6, 6.07) is 4.77. The zero-order chi connectivity index (χ0) is 17.1. The predicted octanol–water partition coefficient (Wildman–Crippen LogP) is 0.474. The average Bonchev–Trinajstić information content (AvgIpc) is 2.99. The number of carbonyl (C=O) groups excluding carboxylic acids is 2. The lowest BCUT2D eigenvalue weighted by Gasteiger charge is -2.29. The third-order valence-electron chi connectivity index (χ3n) is 5.17. The van der Waals surface area contributed by atoms with Gasteiger partial charge < -0.3 is 5.32 Å². The molecule has 2 N–H and O–H groups in total. The summed E-state index contributed by atoms with van der Waals surface area (Å²) in [4.78, 5) is 25.0. The molecule has 4 rings (SSSR count). The Balaban J connectivity index is 1.59. The first-order valence-electron chi connectivity index (χ1n) is 8.10. The molecule has 0 saturated carbocycles. The van der Waals surface area contributed by atoms with E-state index >= 15 is 0 Å². The molecule has 2 fully saturated rings. The van der Waals surface area contributed by atoms with E-state index in [4.69, 9.17) is 0 Å². The van der Waals surface area contributed by atoms with E-state index < -0.39 is 21.8 Å². The minimum atomic E-state index is -3.72. The number of fused-ring (bicyclic) bond motifs is 3. The highest BCUT2D eigenvalue weighted by Crippen LogP contribution is 2.29. The molecule has 128 valence electrons. The molecule has 1 aromatic carbocycles. The number of carbonyl (C=O) groups is 2. The number of rotatable bonds is 3. The lowest BCUT2D eigenvalue weighted by atomic mass is 10.0. The number of amides is 2. The number of hydrogen-bond acceptors (Lipinski definition) is 5. The van der Waals surface area contributed by atoms with Crippen LogP contribution < -0.4 is 10.0 Å². The van der Waals surface area contributed by atoms with Gasteiger partial charge in [-0.25, -0.2) is 13.1 Å². The topological polar surface area (TPSA) is 95.6 Å². The molecule has 7 nitrogen and oxygen atoms in total. The van der Waals surface area contributed by atoms with Gasteiger partial charge in [-0.2, -0.15) is 0 Å². The second-order valence-electron chi connectivity index (χ2n) is 6.80. The van der Waals surface area contributed by atoms with Crippen LogP contribution in [0.3, 0.4) is 0 Å². The molecule has 8 heteroatoms. The number of nitrogens with zero attached hydrogens (tertiary/aromatic N) is 1. The van der Waals surface area contributed by atoms with E-state index in [-0.39, 0.29) is 22.1 Å². The van der Waals surface area contributed by atoms with Gasteiger partial charge in [0.05, 0.1) is 16.0 Å². The SMILES string of the molecule is CN1C(=O)c2ccc(S(=O)(=O)NC3CC4CCC(C3)N4)cc2C1=O. The van der Waals surface area contributed by atoms with Crippen LogP contribution in [-0.2, 0) is 10.0 Å². The van der Waals surface area contributed by atoms with Crippen LogP contribution in [0.2, 0.25) is 0 Å². The second-order valence-corrected chi connectivity index (χ2v) is 8.52. The number of hydrogen-bond donors (Lipinski definition) is 2. The fourth-order valence-electron chi connectivity index (χ4n) is 3.95. The number of piperidine rings is 1. The standard InChI is InChI=1S/C16H19N3O4S/c1-19-15(20)13-5-4-12(8-14(13)16(19)21)24(22,23)18-11-6-9-2-3-10(7-11)17-9/h4-5,8-11,17-18H,2-3,6-7H2,1H3. The summed E-state index contributed by atoms with van der Waals surface area (Å²) in [7, 11) is -2.33. The largest absolute Gasteiger partial charge is 0.311 e. The van der Waals surface area contributed by atoms with Crippen molar-refractivity contribution in [3.63, 3.8) is 0 Å². The van der Waals surface area contributed by atoms with E-state index in [1.54, 1.807) is 0 Å². The molecule has 1 aromatic rings. The van der Waals surface area contributed by atoms with Crippen LogP contribution in [0.5, 0.6) is 0 Å². The Hall–Kier alpha value is -1.77. The van der Waals surface area contributed by atoms with Crippen LogP contribution >= 0.6 is 0 Å². The quantitative estimate of drug-likeness (QED) is 0.774. The maximum atomic E-state index is 12.7. The smallest absolute Gasteiger partial charge is 0.261 e. The second kappa shape index (κ2) is 5.37. The van der Waals surface area contributed by atoms with Crippen molar-refractivity contribution in [3.05, 3.63) is 29.3 Å². The monoisotopic (exact) mass is 349 g/mol. The lowest BCUT2D eigenvalue weighted by Crippen LogP contribution is -2.47. The highest BCUT2D eigenvalue weighted by atomic mass is 32.2. The van der Waals surface area contributed by atoms with Crippen molar-refractivity contribution < 1.29 is 18.0 Å². The van der Waals surface area contributed by atoms with Crippen LogP contribution in [0, 0.1) is 0 Å². The van der Waals surface area contributed by atoms with Crippen LogP contribution in [0.1, 0.15) is 46.4 Å². The van der Waals surface area contributed by atoms with Crippen molar-refractivity contribution >= 4 is 21.8 Å². The van der Waals surface area contributed by atoms with Crippen molar-refractivity contribution in [1.29, 1.82) is 0 Å². The van der Waals surface area contributed by atoms with Gasteiger partial charge >= 0.3 is 0 Å². The van der Waals surface area contributed by atoms with Gasteiger partial charge in [-0.1, -0.05) is 0 Å². The maximum absolute atomic E-state index is 12.7. The van der Waals surface area contributed by atoms with Crippen LogP contribution in [0.25, 0.3) is 0 Å². The summed E-state index contributed by atoms with van der Waals surface area (Å²) in [5.41, 5.74) is 0.400. The van der Waals surface area contributed by atoms with Gasteiger partial charge in [0, 0.05) is 25.2 Å². The Morgan fingerprint density at radius 2 is 1.71 bits per heavy atom. The van der Waals surface area contributed by atoms with Gasteiger partial charge in [0.1, 0.15) is 0 Å². The molecule has 24 heavy (non-hydrogen) atoms. The molecule has 2 atom stereocenters. The van der Waals surface area contributed by atoms with Gasteiger partial charge in [0.2, 0.25) is 10.0 Å². The highest BCUT2D eigenvalue weighted by Gasteiger charge is 2.37. The van der Waals surface area contributed by atoms with Crippen LogP contribution in [-0.4, -0.2) is 50.3 Å². The van der Waals surface area contributed by atoms with Gasteiger partial charge in [0.25, 0.3) is 11.8 Å². The Labute approximate surface area is 140 Å². The minimum Gasteiger partial charge on any atom is -0.311 e. The first-order chi connectivity index (χ1) is 11.3. The van der Waals surface area contributed by atoms with Gasteiger partial charge in [-0.15, -0.1) is 0 Å².